The molecule has 0 aromatic carbocycles. The molecule has 86 valence electrons. The highest BCUT2D eigenvalue weighted by atomic mass is 31.2. The van der Waals surface area contributed by atoms with Crippen LogP contribution in [0.15, 0.2) is 0 Å². The lowest BCUT2D eigenvalue weighted by molar-refractivity contribution is -0.220. The van der Waals surface area contributed by atoms with Gasteiger partial charge in [-0.05, 0) is 24.2 Å². The van der Waals surface area contributed by atoms with Crippen molar-refractivity contribution in [1.82, 2.24) is 0 Å². The van der Waals surface area contributed by atoms with Gasteiger partial charge in [0.05, 0.1) is 6.61 Å². The van der Waals surface area contributed by atoms with Crippen molar-refractivity contribution in [3.8, 4) is 0 Å². The Kier molecular flexibility index (Phi) is 5.31. The van der Waals surface area contributed by atoms with Gasteiger partial charge in [0, 0.05) is 0 Å². The van der Waals surface area contributed by atoms with E-state index in [1.54, 1.807) is 0 Å². The summed E-state index contributed by atoms with van der Waals surface area (Å²) >= 11 is 0. The summed E-state index contributed by atoms with van der Waals surface area (Å²) in [5.41, 5.74) is 0.236. The van der Waals surface area contributed by atoms with Gasteiger partial charge >= 0.3 is 0 Å². The summed E-state index contributed by atoms with van der Waals surface area (Å²) < 4.78 is 14.5. The molecule has 0 amide bonds. The average molecular weight is 223 g/mol. The second-order valence-corrected chi connectivity index (χ2v) is 6.16. The molecule has 0 bridgehead atoms. The first kappa shape index (κ1) is 14.1. The Morgan fingerprint density at radius 3 is 2.36 bits per heavy atom. The zero-order chi connectivity index (χ0) is 11.4. The molecule has 0 aromatic heterocycles. The maximum absolute atomic E-state index is 10.3. The van der Waals surface area contributed by atoms with Crippen LogP contribution in [0, 0.1) is 11.3 Å². The summed E-state index contributed by atoms with van der Waals surface area (Å²) in [5.74, 6) is 0.390. The topological polar surface area (TPSA) is 69.6 Å². The predicted molar refractivity (Wildman–Crippen MR) is 53.6 cm³/mol. The Labute approximate surface area is 85.9 Å². The van der Waals surface area contributed by atoms with Crippen molar-refractivity contribution < 1.29 is 18.9 Å². The molecular weight excluding hydrogens is 203 g/mol. The number of rotatable bonds is 5. The predicted octanol–water partition coefficient (Wildman–Crippen LogP) is 1.93. The fraction of sp³-hybridized carbons (Fsp3) is 1.00. The number of hydrogen-bond donors (Lipinski definition) is 1. The third-order valence-electron chi connectivity index (χ3n) is 1.83. The zero-order valence-electron chi connectivity index (χ0n) is 9.32. The molecule has 1 N–H and O–H groups in total. The maximum Gasteiger partial charge on any atom is 0.265 e. The van der Waals surface area contributed by atoms with E-state index in [0.29, 0.717) is 12.3 Å². The van der Waals surface area contributed by atoms with Gasteiger partial charge < -0.3 is 14.3 Å². The van der Waals surface area contributed by atoms with Crippen molar-refractivity contribution in [2.24, 2.45) is 11.3 Å². The van der Waals surface area contributed by atoms with E-state index in [0.717, 1.165) is 6.42 Å². The van der Waals surface area contributed by atoms with E-state index in [2.05, 4.69) is 25.3 Å². The molecule has 0 fully saturated rings. The molecule has 0 radical (unpaired) electrons. The van der Waals surface area contributed by atoms with Crippen LogP contribution in [-0.4, -0.2) is 11.5 Å². The van der Waals surface area contributed by atoms with Crippen molar-refractivity contribution in [2.45, 2.75) is 40.5 Å². The van der Waals surface area contributed by atoms with Crippen molar-refractivity contribution in [3.63, 3.8) is 0 Å². The van der Waals surface area contributed by atoms with Crippen molar-refractivity contribution in [2.75, 3.05) is 6.61 Å². The van der Waals surface area contributed by atoms with Crippen molar-refractivity contribution >= 4 is 7.82 Å². The maximum atomic E-state index is 10.3. The van der Waals surface area contributed by atoms with Gasteiger partial charge in [-0.3, -0.25) is 4.57 Å². The largest absolute Gasteiger partial charge is 0.756 e. The lowest BCUT2D eigenvalue weighted by atomic mass is 9.84. The van der Waals surface area contributed by atoms with E-state index < -0.39 is 7.82 Å². The van der Waals surface area contributed by atoms with E-state index in [1.165, 1.54) is 0 Å². The van der Waals surface area contributed by atoms with Crippen LogP contribution in [0.5, 0.6) is 0 Å². The Hall–Kier alpha value is 0.110. The van der Waals surface area contributed by atoms with Crippen LogP contribution in [0.3, 0.4) is 0 Å². The minimum Gasteiger partial charge on any atom is -0.756 e. The summed E-state index contributed by atoms with van der Waals surface area (Å²) in [6.45, 7) is 8.51. The molecule has 2 unspecified atom stereocenters. The summed E-state index contributed by atoms with van der Waals surface area (Å²) in [6.07, 6.45) is 1.65. The summed E-state index contributed by atoms with van der Waals surface area (Å²) in [4.78, 5) is 18.6. The fourth-order valence-electron chi connectivity index (χ4n) is 1.52. The van der Waals surface area contributed by atoms with Gasteiger partial charge in [0.15, 0.2) is 0 Å². The molecule has 5 heteroatoms. The Morgan fingerprint density at radius 1 is 1.50 bits per heavy atom. The molecule has 0 aromatic rings. The summed E-state index contributed by atoms with van der Waals surface area (Å²) in [7, 11) is -4.52. The van der Waals surface area contributed by atoms with Gasteiger partial charge in [0.1, 0.15) is 0 Å². The van der Waals surface area contributed by atoms with E-state index in [9.17, 15) is 9.46 Å². The van der Waals surface area contributed by atoms with Crippen molar-refractivity contribution in [1.29, 1.82) is 0 Å². The Balaban J connectivity index is 3.66. The smallest absolute Gasteiger partial charge is 0.265 e. The molecule has 14 heavy (non-hydrogen) atoms. The highest BCUT2D eigenvalue weighted by Gasteiger charge is 2.15. The molecule has 0 saturated carbocycles. The van der Waals surface area contributed by atoms with Crippen molar-refractivity contribution in [3.05, 3.63) is 0 Å². The third kappa shape index (κ3) is 10.2. The zero-order valence-corrected chi connectivity index (χ0v) is 10.2. The third-order valence-corrected chi connectivity index (χ3v) is 2.33. The molecule has 0 aliphatic carbocycles. The minimum atomic E-state index is -4.52. The molecular formula is C9H20O4P-. The van der Waals surface area contributed by atoms with Gasteiger partial charge in [-0.25, -0.2) is 0 Å². The molecule has 0 heterocycles. The van der Waals surface area contributed by atoms with E-state index >= 15 is 0 Å². The van der Waals surface area contributed by atoms with Gasteiger partial charge in [0.25, 0.3) is 7.82 Å². The van der Waals surface area contributed by atoms with E-state index in [1.807, 2.05) is 6.92 Å². The summed E-state index contributed by atoms with van der Waals surface area (Å²) in [5, 5.41) is 0. The first-order valence-electron chi connectivity index (χ1n) is 4.78. The lowest BCUT2D eigenvalue weighted by Gasteiger charge is -2.24. The highest BCUT2D eigenvalue weighted by Crippen LogP contribution is 2.32. The first-order chi connectivity index (χ1) is 6.10. The molecule has 0 aliphatic heterocycles. The second kappa shape index (κ2) is 5.26. The lowest BCUT2D eigenvalue weighted by Crippen LogP contribution is -2.13. The fourth-order valence-corrected chi connectivity index (χ4v) is 1.85. The van der Waals surface area contributed by atoms with Gasteiger partial charge in [-0.2, -0.15) is 0 Å². The molecule has 0 saturated heterocycles. The molecule has 0 spiro atoms. The standard InChI is InChI=1S/C9H21O4P/c1-8(7-9(2,3)4)5-6-13-14(10,11)12/h8H,5-7H2,1-4H3,(H2,10,11,12)/p-1. The van der Waals surface area contributed by atoms with Crippen LogP contribution in [-0.2, 0) is 9.09 Å². The quantitative estimate of drug-likeness (QED) is 0.723. The van der Waals surface area contributed by atoms with E-state index in [4.69, 9.17) is 4.89 Å². The minimum absolute atomic E-state index is 0.0640. The summed E-state index contributed by atoms with van der Waals surface area (Å²) in [6, 6.07) is 0. The van der Waals surface area contributed by atoms with Gasteiger partial charge in [0.2, 0.25) is 0 Å². The van der Waals surface area contributed by atoms with Crippen LogP contribution in [0.2, 0.25) is 0 Å². The Bertz CT molecular complexity index is 203. The van der Waals surface area contributed by atoms with Crippen LogP contribution >= 0.6 is 7.82 Å². The molecule has 0 aliphatic rings. The molecule has 2 atom stereocenters. The van der Waals surface area contributed by atoms with Crippen LogP contribution < -0.4 is 4.89 Å². The van der Waals surface area contributed by atoms with E-state index in [-0.39, 0.29) is 12.0 Å². The van der Waals surface area contributed by atoms with Crippen LogP contribution in [0.1, 0.15) is 40.5 Å². The number of phosphoric acid groups is 1. The molecule has 4 nitrogen and oxygen atoms in total. The second-order valence-electron chi connectivity index (χ2n) is 4.96. The highest BCUT2D eigenvalue weighted by molar-refractivity contribution is 7.44. The van der Waals surface area contributed by atoms with Gasteiger partial charge in [-0.1, -0.05) is 27.7 Å². The number of hydrogen-bond acceptors (Lipinski definition) is 3. The van der Waals surface area contributed by atoms with Crippen LogP contribution in [0.4, 0.5) is 0 Å². The Morgan fingerprint density at radius 2 is 2.00 bits per heavy atom. The number of phosphoric ester groups is 1. The monoisotopic (exact) mass is 223 g/mol. The SMILES string of the molecule is CC(CCOP(=O)([O-])O)CC(C)(C)C. The van der Waals surface area contributed by atoms with Gasteiger partial charge in [-0.15, -0.1) is 0 Å². The average Bonchev–Trinajstić information content (AvgIpc) is 1.78. The van der Waals surface area contributed by atoms with Crippen LogP contribution in [0.25, 0.3) is 0 Å². The normalized spacial score (nSPS) is 19.0. The molecule has 0 rings (SSSR count). The first-order valence-corrected chi connectivity index (χ1v) is 6.28.